The standard InChI is InChI=1S/C17H25N5O2S2/c1-4-19-17(20-9-8-16-21-11-13(2)25-16)22-12-14-6-5-7-15(10-14)26(23,24)18-3/h5-7,10-11,18H,4,8-9,12H2,1-3H3,(H2,19,20,22). The Balaban J connectivity index is 1.98. The molecule has 9 heteroatoms. The number of nitrogens with zero attached hydrogens (tertiary/aromatic N) is 2. The molecule has 1 heterocycles. The number of rotatable bonds is 8. The molecule has 0 aliphatic heterocycles. The van der Waals surface area contributed by atoms with Crippen molar-refractivity contribution in [2.24, 2.45) is 4.99 Å². The van der Waals surface area contributed by atoms with Gasteiger partial charge in [-0.15, -0.1) is 11.3 Å². The van der Waals surface area contributed by atoms with Gasteiger partial charge in [0.1, 0.15) is 0 Å². The normalized spacial score (nSPS) is 12.2. The number of benzene rings is 1. The molecule has 1 aromatic carbocycles. The Hall–Kier alpha value is -1.97. The quantitative estimate of drug-likeness (QED) is 0.467. The van der Waals surface area contributed by atoms with Crippen LogP contribution in [0.25, 0.3) is 0 Å². The van der Waals surface area contributed by atoms with Crippen LogP contribution in [-0.4, -0.2) is 39.5 Å². The predicted molar refractivity (Wildman–Crippen MR) is 106 cm³/mol. The summed E-state index contributed by atoms with van der Waals surface area (Å²) >= 11 is 1.69. The van der Waals surface area contributed by atoms with Crippen LogP contribution in [0, 0.1) is 6.92 Å². The highest BCUT2D eigenvalue weighted by Crippen LogP contribution is 2.12. The topological polar surface area (TPSA) is 95.5 Å². The fourth-order valence-electron chi connectivity index (χ4n) is 2.25. The molecule has 0 unspecified atom stereocenters. The van der Waals surface area contributed by atoms with Crippen molar-refractivity contribution >= 4 is 27.3 Å². The fourth-order valence-corrected chi connectivity index (χ4v) is 3.83. The van der Waals surface area contributed by atoms with Gasteiger partial charge in [-0.05, 0) is 38.6 Å². The summed E-state index contributed by atoms with van der Waals surface area (Å²) < 4.78 is 26.1. The van der Waals surface area contributed by atoms with Crippen LogP contribution in [0.1, 0.15) is 22.4 Å². The number of aromatic nitrogens is 1. The predicted octanol–water partition coefficient (Wildman–Crippen LogP) is 1.66. The fraction of sp³-hybridized carbons (Fsp3) is 0.412. The molecule has 0 atom stereocenters. The van der Waals surface area contributed by atoms with Crippen molar-refractivity contribution in [3.05, 3.63) is 45.9 Å². The molecule has 0 saturated heterocycles. The van der Waals surface area contributed by atoms with E-state index in [1.807, 2.05) is 26.1 Å². The number of sulfonamides is 1. The molecule has 0 radical (unpaired) electrons. The van der Waals surface area contributed by atoms with Gasteiger partial charge in [-0.1, -0.05) is 12.1 Å². The zero-order valence-corrected chi connectivity index (χ0v) is 16.9. The first-order valence-electron chi connectivity index (χ1n) is 8.40. The first-order valence-corrected chi connectivity index (χ1v) is 10.7. The van der Waals surface area contributed by atoms with Crippen molar-refractivity contribution < 1.29 is 8.42 Å². The van der Waals surface area contributed by atoms with Crippen molar-refractivity contribution in [1.82, 2.24) is 20.3 Å². The Morgan fingerprint density at radius 3 is 2.77 bits per heavy atom. The van der Waals surface area contributed by atoms with E-state index < -0.39 is 10.0 Å². The van der Waals surface area contributed by atoms with E-state index in [1.165, 1.54) is 11.9 Å². The van der Waals surface area contributed by atoms with Crippen LogP contribution in [0.2, 0.25) is 0 Å². The summed E-state index contributed by atoms with van der Waals surface area (Å²) in [5.74, 6) is 0.697. The van der Waals surface area contributed by atoms with Gasteiger partial charge < -0.3 is 10.6 Å². The van der Waals surface area contributed by atoms with Gasteiger partial charge >= 0.3 is 0 Å². The maximum Gasteiger partial charge on any atom is 0.240 e. The molecule has 2 rings (SSSR count). The lowest BCUT2D eigenvalue weighted by Gasteiger charge is -2.11. The lowest BCUT2D eigenvalue weighted by atomic mass is 10.2. The molecule has 3 N–H and O–H groups in total. The smallest absolute Gasteiger partial charge is 0.240 e. The lowest BCUT2D eigenvalue weighted by molar-refractivity contribution is 0.588. The molecular weight excluding hydrogens is 370 g/mol. The summed E-state index contributed by atoms with van der Waals surface area (Å²) in [6.07, 6.45) is 2.71. The maximum absolute atomic E-state index is 11.9. The van der Waals surface area contributed by atoms with Gasteiger partial charge in [0.2, 0.25) is 10.0 Å². The molecule has 0 aliphatic carbocycles. The Kier molecular flexibility index (Phi) is 7.55. The van der Waals surface area contributed by atoms with Crippen LogP contribution in [-0.2, 0) is 23.0 Å². The summed E-state index contributed by atoms with van der Waals surface area (Å²) in [6, 6.07) is 6.79. The van der Waals surface area contributed by atoms with Crippen LogP contribution in [0.4, 0.5) is 0 Å². The van der Waals surface area contributed by atoms with Gasteiger partial charge in [0.05, 0.1) is 16.4 Å². The molecule has 0 spiro atoms. The highest BCUT2D eigenvalue weighted by atomic mass is 32.2. The molecular formula is C17H25N5O2S2. The minimum Gasteiger partial charge on any atom is -0.357 e. The molecule has 0 aliphatic rings. The van der Waals surface area contributed by atoms with E-state index in [0.29, 0.717) is 12.5 Å². The molecule has 0 saturated carbocycles. The number of aryl methyl sites for hydroxylation is 1. The van der Waals surface area contributed by atoms with Crippen LogP contribution < -0.4 is 15.4 Å². The van der Waals surface area contributed by atoms with E-state index in [0.717, 1.165) is 30.1 Å². The minimum atomic E-state index is -3.45. The Bertz CT molecular complexity index is 846. The van der Waals surface area contributed by atoms with Crippen LogP contribution in [0.3, 0.4) is 0 Å². The van der Waals surface area contributed by atoms with Gasteiger partial charge in [0.15, 0.2) is 5.96 Å². The SMILES string of the molecule is CCNC(=NCc1cccc(S(=O)(=O)NC)c1)NCCc1ncc(C)s1. The number of nitrogens with one attached hydrogen (secondary N) is 3. The second kappa shape index (κ2) is 9.65. The molecule has 142 valence electrons. The number of hydrogen-bond donors (Lipinski definition) is 3. The monoisotopic (exact) mass is 395 g/mol. The van der Waals surface area contributed by atoms with Crippen molar-refractivity contribution in [1.29, 1.82) is 0 Å². The summed E-state index contributed by atoms with van der Waals surface area (Å²) in [6.45, 7) is 5.91. The highest BCUT2D eigenvalue weighted by Gasteiger charge is 2.11. The molecule has 2 aromatic rings. The first-order chi connectivity index (χ1) is 12.4. The van der Waals surface area contributed by atoms with Crippen LogP contribution >= 0.6 is 11.3 Å². The minimum absolute atomic E-state index is 0.241. The Morgan fingerprint density at radius 2 is 2.12 bits per heavy atom. The summed E-state index contributed by atoms with van der Waals surface area (Å²) in [7, 11) is -2.05. The third kappa shape index (κ3) is 6.08. The second-order valence-corrected chi connectivity index (χ2v) is 8.80. The number of guanidine groups is 1. The van der Waals surface area contributed by atoms with Crippen molar-refractivity contribution in [3.8, 4) is 0 Å². The largest absolute Gasteiger partial charge is 0.357 e. The van der Waals surface area contributed by atoms with Gasteiger partial charge in [-0.25, -0.2) is 23.1 Å². The van der Waals surface area contributed by atoms with Crippen LogP contribution in [0.15, 0.2) is 40.4 Å². The van der Waals surface area contributed by atoms with Crippen LogP contribution in [0.5, 0.6) is 0 Å². The molecule has 26 heavy (non-hydrogen) atoms. The molecule has 1 aromatic heterocycles. The third-order valence-corrected chi connectivity index (χ3v) is 5.93. The van der Waals surface area contributed by atoms with E-state index >= 15 is 0 Å². The van der Waals surface area contributed by atoms with Gasteiger partial charge in [0, 0.05) is 30.6 Å². The van der Waals surface area contributed by atoms with Gasteiger partial charge in [0.25, 0.3) is 0 Å². The van der Waals surface area contributed by atoms with Gasteiger partial charge in [-0.2, -0.15) is 0 Å². The molecule has 0 amide bonds. The molecule has 0 fully saturated rings. The Labute approximate surface area is 159 Å². The van der Waals surface area contributed by atoms with E-state index in [-0.39, 0.29) is 4.90 Å². The highest BCUT2D eigenvalue weighted by molar-refractivity contribution is 7.89. The van der Waals surface area contributed by atoms with E-state index in [2.05, 4.69) is 25.3 Å². The van der Waals surface area contributed by atoms with Crippen molar-refractivity contribution in [2.45, 2.75) is 31.7 Å². The number of hydrogen-bond acceptors (Lipinski definition) is 5. The zero-order valence-electron chi connectivity index (χ0n) is 15.2. The van der Waals surface area contributed by atoms with Gasteiger partial charge in [-0.3, -0.25) is 0 Å². The lowest BCUT2D eigenvalue weighted by Crippen LogP contribution is -2.38. The number of thiazole rings is 1. The zero-order chi connectivity index (χ0) is 19.0. The third-order valence-electron chi connectivity index (χ3n) is 3.54. The Morgan fingerprint density at radius 1 is 1.31 bits per heavy atom. The van der Waals surface area contributed by atoms with Crippen molar-refractivity contribution in [3.63, 3.8) is 0 Å². The molecule has 7 nitrogen and oxygen atoms in total. The number of aliphatic imine (C=N–C) groups is 1. The van der Waals surface area contributed by atoms with E-state index in [9.17, 15) is 8.42 Å². The maximum atomic E-state index is 11.9. The average molecular weight is 396 g/mol. The van der Waals surface area contributed by atoms with Crippen molar-refractivity contribution in [2.75, 3.05) is 20.1 Å². The van der Waals surface area contributed by atoms with E-state index in [1.54, 1.807) is 29.5 Å². The summed E-state index contributed by atoms with van der Waals surface area (Å²) in [5, 5.41) is 7.56. The first kappa shape index (κ1) is 20.3. The summed E-state index contributed by atoms with van der Waals surface area (Å²) in [5.41, 5.74) is 0.828. The average Bonchev–Trinajstić information content (AvgIpc) is 3.05. The second-order valence-electron chi connectivity index (χ2n) is 5.59. The summed E-state index contributed by atoms with van der Waals surface area (Å²) in [4.78, 5) is 10.3. The van der Waals surface area contributed by atoms with E-state index in [4.69, 9.17) is 0 Å². The molecule has 0 bridgehead atoms.